The van der Waals surface area contributed by atoms with Crippen molar-refractivity contribution in [3.8, 4) is 89.3 Å². The maximum absolute atomic E-state index is 2.58. The quantitative estimate of drug-likeness (QED) is 0.128. The molecule has 0 saturated heterocycles. The third-order valence-corrected chi connectivity index (χ3v) is 27.8. The molecule has 28 aromatic rings. The standard InChI is InChI=1S/C120H68N2/c1-5-27-71(28-6-1)105-99-67-97-79-37-15-13-35-77(79)84-42-22-48-92(112(84)97)116(99)108(119-94-50-24-44-86-81(63-65-95(110(86)94)118(105)119)87-45-25-53-103-113(87)89-39-17-19-51-101(89)121(103)75-31-9-3-10-32-75)74-61-57-70(58-62-74)69-55-59-73(60-56-69)106-100-68-98-80-38-16-14-36-78(80)83-41-21-47-91(111(83)98)115(100)107(72-29-7-2-8-30-72)120-96-66-64-82(85-43-23-49-93(109(85)96)117(106)120)88-46-26-54-104-114(88)90-40-18-20-52-102(90)122(104)76-33-11-4-12-34-76/h1-68H. The van der Waals surface area contributed by atoms with E-state index in [1.54, 1.807) is 0 Å². The lowest BCUT2D eigenvalue weighted by molar-refractivity contribution is 1.18. The summed E-state index contributed by atoms with van der Waals surface area (Å²) in [6.07, 6.45) is 0. The topological polar surface area (TPSA) is 9.86 Å². The van der Waals surface area contributed by atoms with E-state index < -0.39 is 0 Å². The van der Waals surface area contributed by atoms with E-state index in [0.717, 1.165) is 22.5 Å². The lowest BCUT2D eigenvalue weighted by Crippen LogP contribution is -1.93. The molecule has 0 fully saturated rings. The van der Waals surface area contributed by atoms with Gasteiger partial charge in [0, 0.05) is 32.9 Å². The predicted molar refractivity (Wildman–Crippen MR) is 523 cm³/mol. The third-order valence-electron chi connectivity index (χ3n) is 27.8. The number of aromatic nitrogens is 2. The minimum Gasteiger partial charge on any atom is -0.309 e. The maximum Gasteiger partial charge on any atom is 0.0547 e. The summed E-state index contributed by atoms with van der Waals surface area (Å²) in [5.74, 6) is 0. The largest absolute Gasteiger partial charge is 0.309 e. The molecule has 0 aliphatic carbocycles. The second-order valence-corrected chi connectivity index (χ2v) is 33.7. The van der Waals surface area contributed by atoms with Crippen LogP contribution >= 0.6 is 0 Å². The van der Waals surface area contributed by atoms with Crippen LogP contribution in [0.2, 0.25) is 0 Å². The fourth-order valence-corrected chi connectivity index (χ4v) is 23.1. The average molecular weight is 1540 g/mol. The van der Waals surface area contributed by atoms with E-state index in [9.17, 15) is 0 Å². The van der Waals surface area contributed by atoms with Gasteiger partial charge in [-0.2, -0.15) is 0 Å². The summed E-state index contributed by atoms with van der Waals surface area (Å²) in [5.41, 5.74) is 24.1. The number of hydrogen-bond acceptors (Lipinski definition) is 0. The average Bonchev–Trinajstić information content (AvgIpc) is 1.66. The number of rotatable bonds is 9. The highest BCUT2D eigenvalue weighted by molar-refractivity contribution is 6.48. The summed E-state index contributed by atoms with van der Waals surface area (Å²) in [5, 5.41) is 40.8. The van der Waals surface area contributed by atoms with E-state index in [1.807, 2.05) is 0 Å². The molecule has 0 bridgehead atoms. The first kappa shape index (κ1) is 66.1. The highest BCUT2D eigenvalue weighted by Crippen LogP contribution is 2.60. The molecular formula is C120H68N2. The van der Waals surface area contributed by atoms with Gasteiger partial charge in [-0.3, -0.25) is 0 Å². The zero-order valence-electron chi connectivity index (χ0n) is 66.2. The van der Waals surface area contributed by atoms with Crippen LogP contribution in [-0.4, -0.2) is 9.13 Å². The van der Waals surface area contributed by atoms with E-state index in [2.05, 4.69) is 422 Å². The summed E-state index contributed by atoms with van der Waals surface area (Å²) in [6.45, 7) is 0. The van der Waals surface area contributed by atoms with Crippen LogP contribution in [0, 0.1) is 0 Å². The Hall–Kier alpha value is -16.0. The zero-order valence-corrected chi connectivity index (χ0v) is 66.2. The molecule has 0 amide bonds. The summed E-state index contributed by atoms with van der Waals surface area (Å²) < 4.78 is 4.88. The van der Waals surface area contributed by atoms with Crippen LogP contribution in [0.25, 0.3) is 284 Å². The molecular weight excluding hydrogens is 1470 g/mol. The van der Waals surface area contributed by atoms with Crippen molar-refractivity contribution in [2.75, 3.05) is 0 Å². The fraction of sp³-hybridized carbons (Fsp3) is 0. The summed E-state index contributed by atoms with van der Waals surface area (Å²) >= 11 is 0. The Kier molecular flexibility index (Phi) is 13.4. The van der Waals surface area contributed by atoms with Gasteiger partial charge in [0.05, 0.1) is 22.1 Å². The Morgan fingerprint density at radius 1 is 0.115 bits per heavy atom. The van der Waals surface area contributed by atoms with Crippen molar-refractivity contribution in [2.45, 2.75) is 0 Å². The molecule has 558 valence electrons. The first-order valence-electron chi connectivity index (χ1n) is 42.6. The molecule has 0 aliphatic rings. The summed E-state index contributed by atoms with van der Waals surface area (Å²) in [7, 11) is 0. The molecule has 2 aromatic heterocycles. The first-order valence-corrected chi connectivity index (χ1v) is 42.6. The SMILES string of the molecule is c1ccc(-c2c3cc4c5ccccc5c5cccc(c3c(-c3ccc(-c6ccc(-c7c8cc9c%10ccccc%10c%10cccc(c8c(-c8ccccc8)c8c%11ccc(-c%12cccc%13c%12c%12ccccc%12n%13-c%12ccccc%12)c%12cccc(c78)c%12%11)c%109)cc6)cc3)c3c6cccc7c(-c8cccc9c8c8ccccc8n9-c8ccccc8)ccc(c23)c76)c54)cc1. The molecule has 2 heterocycles. The van der Waals surface area contributed by atoms with Gasteiger partial charge in [0.1, 0.15) is 0 Å². The second kappa shape index (κ2) is 24.8. The Bertz CT molecular complexity index is 9320. The van der Waals surface area contributed by atoms with Crippen LogP contribution in [-0.2, 0) is 0 Å². The van der Waals surface area contributed by atoms with Gasteiger partial charge in [0.15, 0.2) is 0 Å². The van der Waals surface area contributed by atoms with Gasteiger partial charge in [0.25, 0.3) is 0 Å². The second-order valence-electron chi connectivity index (χ2n) is 33.7. The van der Waals surface area contributed by atoms with Crippen molar-refractivity contribution >= 4 is 194 Å². The fourth-order valence-electron chi connectivity index (χ4n) is 23.1. The molecule has 0 saturated carbocycles. The van der Waals surface area contributed by atoms with Gasteiger partial charge < -0.3 is 9.13 Å². The molecule has 0 spiro atoms. The number of benzene rings is 22. The molecule has 28 rings (SSSR count). The Morgan fingerprint density at radius 3 is 0.803 bits per heavy atom. The van der Waals surface area contributed by atoms with Crippen molar-refractivity contribution in [3.05, 3.63) is 413 Å². The Balaban J connectivity index is 0.678. The minimum absolute atomic E-state index is 1.15. The summed E-state index contributed by atoms with van der Waals surface area (Å²) in [4.78, 5) is 0. The van der Waals surface area contributed by atoms with Crippen LogP contribution in [0.5, 0.6) is 0 Å². The molecule has 0 N–H and O–H groups in total. The van der Waals surface area contributed by atoms with Crippen LogP contribution in [0.3, 0.4) is 0 Å². The number of hydrogen-bond donors (Lipinski definition) is 0. The molecule has 2 heteroatoms. The Morgan fingerprint density at radius 2 is 0.385 bits per heavy atom. The van der Waals surface area contributed by atoms with Crippen molar-refractivity contribution in [2.24, 2.45) is 0 Å². The van der Waals surface area contributed by atoms with Crippen molar-refractivity contribution < 1.29 is 0 Å². The maximum atomic E-state index is 2.58. The normalized spacial score (nSPS) is 12.4. The zero-order chi connectivity index (χ0) is 79.3. The smallest absolute Gasteiger partial charge is 0.0547 e. The van der Waals surface area contributed by atoms with Crippen LogP contribution < -0.4 is 0 Å². The van der Waals surface area contributed by atoms with Crippen LogP contribution in [0.1, 0.15) is 0 Å². The van der Waals surface area contributed by atoms with Gasteiger partial charge in [-0.15, -0.1) is 0 Å². The number of fused-ring (bicyclic) bond motifs is 22. The minimum atomic E-state index is 1.15. The number of nitrogens with zero attached hydrogens (tertiary/aromatic N) is 2. The molecule has 0 aliphatic heterocycles. The molecule has 2 nitrogen and oxygen atoms in total. The van der Waals surface area contributed by atoms with Gasteiger partial charge in [-0.05, 0) is 289 Å². The third kappa shape index (κ3) is 8.80. The van der Waals surface area contributed by atoms with Crippen LogP contribution in [0.15, 0.2) is 413 Å². The summed E-state index contributed by atoms with van der Waals surface area (Å²) in [6, 6.07) is 157. The highest BCUT2D eigenvalue weighted by atomic mass is 15.0. The van der Waals surface area contributed by atoms with Crippen molar-refractivity contribution in [3.63, 3.8) is 0 Å². The molecule has 122 heavy (non-hydrogen) atoms. The van der Waals surface area contributed by atoms with E-state index >= 15 is 0 Å². The molecule has 26 aromatic carbocycles. The predicted octanol–water partition coefficient (Wildman–Crippen LogP) is 33.4. The monoisotopic (exact) mass is 1540 g/mol. The number of para-hydroxylation sites is 4. The lowest BCUT2D eigenvalue weighted by Gasteiger charge is -2.19. The first-order chi connectivity index (χ1) is 60.6. The van der Waals surface area contributed by atoms with Crippen LogP contribution in [0.4, 0.5) is 0 Å². The van der Waals surface area contributed by atoms with Gasteiger partial charge in [-0.1, -0.05) is 352 Å². The van der Waals surface area contributed by atoms with Gasteiger partial charge in [-0.25, -0.2) is 0 Å². The van der Waals surface area contributed by atoms with E-state index in [1.165, 1.54) is 261 Å². The highest BCUT2D eigenvalue weighted by Gasteiger charge is 2.32. The van der Waals surface area contributed by atoms with E-state index in [0.29, 0.717) is 0 Å². The molecule has 0 atom stereocenters. The van der Waals surface area contributed by atoms with E-state index in [4.69, 9.17) is 0 Å². The Labute approximate surface area is 700 Å². The molecule has 0 unspecified atom stereocenters. The van der Waals surface area contributed by atoms with Gasteiger partial charge in [0.2, 0.25) is 0 Å². The van der Waals surface area contributed by atoms with Gasteiger partial charge >= 0.3 is 0 Å². The van der Waals surface area contributed by atoms with Crippen molar-refractivity contribution in [1.29, 1.82) is 0 Å². The van der Waals surface area contributed by atoms with E-state index in [-0.39, 0.29) is 0 Å². The van der Waals surface area contributed by atoms with Crippen molar-refractivity contribution in [1.82, 2.24) is 9.13 Å². The molecule has 0 radical (unpaired) electrons. The lowest BCUT2D eigenvalue weighted by atomic mass is 9.83.